The normalized spacial score (nSPS) is 12.3. The predicted octanol–water partition coefficient (Wildman–Crippen LogP) is 7.04. The van der Waals surface area contributed by atoms with Crippen LogP contribution in [0.1, 0.15) is 50.3 Å². The minimum atomic E-state index is -1.13. The molecule has 1 heterocycles. The maximum Gasteiger partial charge on any atom is 0.344 e. The van der Waals surface area contributed by atoms with E-state index in [4.69, 9.17) is 26.1 Å². The largest absolute Gasteiger partial charge is 0.494 e. The molecule has 1 atom stereocenters. The molecular formula is C30H29BrClN3O5. The van der Waals surface area contributed by atoms with Crippen LogP contribution in [0.5, 0.6) is 11.5 Å². The van der Waals surface area contributed by atoms with Crippen molar-refractivity contribution in [2.45, 2.75) is 46.6 Å². The molecule has 0 bridgehead atoms. The van der Waals surface area contributed by atoms with E-state index >= 15 is 0 Å². The molecule has 8 nitrogen and oxygen atoms in total. The lowest BCUT2D eigenvalue weighted by atomic mass is 9.96. The molecule has 0 saturated heterocycles. The van der Waals surface area contributed by atoms with Crippen LogP contribution in [0, 0.1) is 6.92 Å². The first-order chi connectivity index (χ1) is 19.0. The molecule has 4 aromatic rings. The average Bonchev–Trinajstić information content (AvgIpc) is 2.89. The number of aryl methyl sites for hydroxylation is 1. The van der Waals surface area contributed by atoms with Crippen molar-refractivity contribution in [3.05, 3.63) is 85.1 Å². The van der Waals surface area contributed by atoms with Crippen LogP contribution in [0.15, 0.2) is 62.9 Å². The molecule has 3 aromatic carbocycles. The van der Waals surface area contributed by atoms with Gasteiger partial charge in [0.15, 0.2) is 11.9 Å². The Morgan fingerprint density at radius 3 is 2.60 bits per heavy atom. The standard InChI is InChI=1S/C30H29BrClN3O5/c1-6-39-26-11-17(4)23(14-22(26)16(2)3)28-34-25-10-8-7-9-21(25)29(36)35(28)33-15-19-12-20(32)13-24(31)27(19)40-18(5)30(37)38/h7-16,18H,6H2,1-5H3,(H,37,38)/t18-/m0/s1. The quantitative estimate of drug-likeness (QED) is 0.200. The van der Waals surface area contributed by atoms with Crippen molar-refractivity contribution in [1.29, 1.82) is 0 Å². The summed E-state index contributed by atoms with van der Waals surface area (Å²) in [4.78, 5) is 30.1. The molecule has 0 aliphatic rings. The number of hydrogen-bond acceptors (Lipinski definition) is 6. The summed E-state index contributed by atoms with van der Waals surface area (Å²) in [5.74, 6) is 0.393. The Morgan fingerprint density at radius 1 is 1.20 bits per heavy atom. The smallest absolute Gasteiger partial charge is 0.344 e. The van der Waals surface area contributed by atoms with Crippen LogP contribution in [0.2, 0.25) is 5.02 Å². The first kappa shape index (κ1) is 29.3. The number of hydrogen-bond donors (Lipinski definition) is 1. The van der Waals surface area contributed by atoms with Crippen molar-refractivity contribution in [2.24, 2.45) is 5.10 Å². The van der Waals surface area contributed by atoms with Gasteiger partial charge >= 0.3 is 5.97 Å². The summed E-state index contributed by atoms with van der Waals surface area (Å²) in [7, 11) is 0. The lowest BCUT2D eigenvalue weighted by Crippen LogP contribution is -2.24. The third-order valence-corrected chi connectivity index (χ3v) is 7.07. The highest BCUT2D eigenvalue weighted by molar-refractivity contribution is 9.10. The Hall–Kier alpha value is -3.69. The van der Waals surface area contributed by atoms with Crippen LogP contribution >= 0.6 is 27.5 Å². The lowest BCUT2D eigenvalue weighted by molar-refractivity contribution is -0.144. The molecule has 0 amide bonds. The fraction of sp³-hybridized carbons (Fsp3) is 0.267. The zero-order valence-electron chi connectivity index (χ0n) is 22.7. The van der Waals surface area contributed by atoms with Crippen LogP contribution in [-0.4, -0.2) is 39.7 Å². The summed E-state index contributed by atoms with van der Waals surface area (Å²) in [6.45, 7) is 9.97. The number of carboxylic acid groups (broad SMARTS) is 1. The van der Waals surface area contributed by atoms with Gasteiger partial charge in [0.25, 0.3) is 5.56 Å². The monoisotopic (exact) mass is 625 g/mol. The number of aliphatic carboxylic acids is 1. The summed E-state index contributed by atoms with van der Waals surface area (Å²) in [5.41, 5.74) is 3.14. The Bertz CT molecular complexity index is 1680. The van der Waals surface area contributed by atoms with Crippen molar-refractivity contribution < 1.29 is 19.4 Å². The van der Waals surface area contributed by atoms with E-state index in [1.807, 2.05) is 32.0 Å². The summed E-state index contributed by atoms with van der Waals surface area (Å²) < 4.78 is 13.3. The number of para-hydroxylation sites is 1. The third kappa shape index (κ3) is 6.05. The molecule has 208 valence electrons. The van der Waals surface area contributed by atoms with Gasteiger partial charge in [-0.15, -0.1) is 0 Å². The van der Waals surface area contributed by atoms with E-state index in [0.717, 1.165) is 22.4 Å². The highest BCUT2D eigenvalue weighted by Gasteiger charge is 2.20. The first-order valence-corrected chi connectivity index (χ1v) is 13.9. The Labute approximate surface area is 245 Å². The van der Waals surface area contributed by atoms with E-state index in [2.05, 4.69) is 34.9 Å². The van der Waals surface area contributed by atoms with Crippen molar-refractivity contribution in [2.75, 3.05) is 6.61 Å². The molecule has 0 spiro atoms. The van der Waals surface area contributed by atoms with E-state index in [1.54, 1.807) is 30.3 Å². The second-order valence-corrected chi connectivity index (χ2v) is 10.8. The number of nitrogens with zero attached hydrogens (tertiary/aromatic N) is 3. The van der Waals surface area contributed by atoms with Crippen LogP contribution in [0.25, 0.3) is 22.3 Å². The summed E-state index contributed by atoms with van der Waals surface area (Å²) in [6, 6.07) is 14.2. The fourth-order valence-electron chi connectivity index (χ4n) is 4.22. The van der Waals surface area contributed by atoms with Gasteiger partial charge in [-0.2, -0.15) is 9.78 Å². The molecule has 0 unspecified atom stereocenters. The highest BCUT2D eigenvalue weighted by atomic mass is 79.9. The minimum Gasteiger partial charge on any atom is -0.494 e. The molecule has 4 rings (SSSR count). The van der Waals surface area contributed by atoms with Gasteiger partial charge in [-0.05, 0) is 90.1 Å². The number of carboxylic acids is 1. The number of benzene rings is 3. The van der Waals surface area contributed by atoms with Crippen molar-refractivity contribution in [3.8, 4) is 22.9 Å². The van der Waals surface area contributed by atoms with Crippen molar-refractivity contribution in [3.63, 3.8) is 0 Å². The maximum atomic E-state index is 13.8. The summed E-state index contributed by atoms with van der Waals surface area (Å²) >= 11 is 9.69. The second kappa shape index (κ2) is 12.2. The molecule has 0 radical (unpaired) electrons. The van der Waals surface area contributed by atoms with Gasteiger partial charge < -0.3 is 14.6 Å². The van der Waals surface area contributed by atoms with Crippen molar-refractivity contribution in [1.82, 2.24) is 9.66 Å². The molecule has 0 fully saturated rings. The number of rotatable bonds is 9. The van der Waals surface area contributed by atoms with Gasteiger partial charge in [0.2, 0.25) is 0 Å². The predicted molar refractivity (Wildman–Crippen MR) is 161 cm³/mol. The van der Waals surface area contributed by atoms with E-state index < -0.39 is 12.1 Å². The van der Waals surface area contributed by atoms with Gasteiger partial charge in [0.1, 0.15) is 11.5 Å². The van der Waals surface area contributed by atoms with Gasteiger partial charge in [0.05, 0.1) is 28.2 Å². The number of ether oxygens (including phenoxy) is 2. The van der Waals surface area contributed by atoms with Crippen molar-refractivity contribution >= 4 is 50.6 Å². The zero-order valence-corrected chi connectivity index (χ0v) is 25.1. The third-order valence-electron chi connectivity index (χ3n) is 6.27. The van der Waals surface area contributed by atoms with E-state index in [-0.39, 0.29) is 17.2 Å². The summed E-state index contributed by atoms with van der Waals surface area (Å²) in [6.07, 6.45) is 0.279. The first-order valence-electron chi connectivity index (χ1n) is 12.7. The highest BCUT2D eigenvalue weighted by Crippen LogP contribution is 2.35. The van der Waals surface area contributed by atoms with Crippen LogP contribution in [-0.2, 0) is 4.79 Å². The molecule has 1 aromatic heterocycles. The SMILES string of the molecule is CCOc1cc(C)c(-c2nc3ccccc3c(=O)n2N=Cc2cc(Cl)cc(Br)c2O[C@@H](C)C(=O)O)cc1C(C)C. The number of fused-ring (bicyclic) bond motifs is 1. The van der Waals surface area contributed by atoms with E-state index in [1.165, 1.54) is 17.8 Å². The van der Waals surface area contributed by atoms with Crippen LogP contribution in [0.4, 0.5) is 0 Å². The Kier molecular flexibility index (Phi) is 8.95. The minimum absolute atomic E-state index is 0.157. The Balaban J connectivity index is 1.97. The van der Waals surface area contributed by atoms with E-state index in [0.29, 0.717) is 38.4 Å². The molecule has 0 aliphatic carbocycles. The van der Waals surface area contributed by atoms with Crippen LogP contribution < -0.4 is 15.0 Å². The van der Waals surface area contributed by atoms with Gasteiger partial charge in [-0.25, -0.2) is 9.78 Å². The molecular weight excluding hydrogens is 598 g/mol. The summed E-state index contributed by atoms with van der Waals surface area (Å²) in [5, 5.41) is 14.7. The molecule has 40 heavy (non-hydrogen) atoms. The molecule has 0 aliphatic heterocycles. The number of carbonyl (C=O) groups is 1. The molecule has 10 heteroatoms. The molecule has 0 saturated carbocycles. The fourth-order valence-corrected chi connectivity index (χ4v) is 5.15. The van der Waals surface area contributed by atoms with Crippen LogP contribution in [0.3, 0.4) is 0 Å². The molecule has 1 N–H and O–H groups in total. The Morgan fingerprint density at radius 2 is 1.93 bits per heavy atom. The number of aromatic nitrogens is 2. The zero-order chi connectivity index (χ0) is 29.1. The van der Waals surface area contributed by atoms with E-state index in [9.17, 15) is 14.7 Å². The topological polar surface area (TPSA) is 103 Å². The average molecular weight is 627 g/mol. The second-order valence-electron chi connectivity index (χ2n) is 9.51. The van der Waals surface area contributed by atoms with Gasteiger partial charge in [-0.1, -0.05) is 37.6 Å². The van der Waals surface area contributed by atoms with Gasteiger partial charge in [-0.3, -0.25) is 4.79 Å². The number of halogens is 2. The lowest BCUT2D eigenvalue weighted by Gasteiger charge is -2.18. The van der Waals surface area contributed by atoms with Gasteiger partial charge in [0, 0.05) is 16.1 Å². The maximum absolute atomic E-state index is 13.8.